The van der Waals surface area contributed by atoms with Crippen molar-refractivity contribution in [3.8, 4) is 0 Å². The molecule has 5 nitrogen and oxygen atoms in total. The van der Waals surface area contributed by atoms with Crippen molar-refractivity contribution in [3.63, 3.8) is 0 Å². The van der Waals surface area contributed by atoms with E-state index in [0.29, 0.717) is 13.1 Å². The lowest BCUT2D eigenvalue weighted by molar-refractivity contribution is -0.119. The number of hydrogen-bond acceptors (Lipinski definition) is 4. The third kappa shape index (κ3) is 3.96. The van der Waals surface area contributed by atoms with Crippen molar-refractivity contribution < 1.29 is 4.79 Å². The summed E-state index contributed by atoms with van der Waals surface area (Å²) in [5, 5.41) is 0. The zero-order valence-corrected chi connectivity index (χ0v) is 9.47. The van der Waals surface area contributed by atoms with Crippen molar-refractivity contribution >= 4 is 5.91 Å². The topological polar surface area (TPSA) is 85.2 Å². The van der Waals surface area contributed by atoms with Crippen molar-refractivity contribution in [2.24, 2.45) is 11.5 Å². The molecular formula is C11H18N4O. The second-order valence-electron chi connectivity index (χ2n) is 3.84. The quantitative estimate of drug-likeness (QED) is 0.693. The van der Waals surface area contributed by atoms with Gasteiger partial charge in [0, 0.05) is 37.9 Å². The molecule has 1 heterocycles. The average Bonchev–Trinajstić information content (AvgIpc) is 2.26. The van der Waals surface area contributed by atoms with Gasteiger partial charge in [-0.25, -0.2) is 0 Å². The summed E-state index contributed by atoms with van der Waals surface area (Å²) in [7, 11) is 1.92. The van der Waals surface area contributed by atoms with Crippen LogP contribution in [0.5, 0.6) is 0 Å². The van der Waals surface area contributed by atoms with Gasteiger partial charge in [-0.1, -0.05) is 6.07 Å². The highest BCUT2D eigenvalue weighted by atomic mass is 16.1. The normalized spacial score (nSPS) is 12.7. The first-order valence-electron chi connectivity index (χ1n) is 5.21. The lowest BCUT2D eigenvalue weighted by atomic mass is 10.1. The van der Waals surface area contributed by atoms with Crippen molar-refractivity contribution in [3.05, 3.63) is 30.1 Å². The third-order valence-electron chi connectivity index (χ3n) is 2.49. The fourth-order valence-electron chi connectivity index (χ4n) is 1.56. The predicted octanol–water partition coefficient (Wildman–Crippen LogP) is -0.284. The van der Waals surface area contributed by atoms with Gasteiger partial charge >= 0.3 is 0 Å². The zero-order valence-electron chi connectivity index (χ0n) is 9.47. The molecule has 0 fully saturated rings. The van der Waals surface area contributed by atoms with Gasteiger partial charge in [0.25, 0.3) is 0 Å². The van der Waals surface area contributed by atoms with Crippen LogP contribution in [0, 0.1) is 0 Å². The fraction of sp³-hybridized carbons (Fsp3) is 0.455. The van der Waals surface area contributed by atoms with Crippen LogP contribution in [0.3, 0.4) is 0 Å². The Bertz CT molecular complexity index is 328. The van der Waals surface area contributed by atoms with Crippen LogP contribution < -0.4 is 11.5 Å². The first kappa shape index (κ1) is 12.6. The summed E-state index contributed by atoms with van der Waals surface area (Å²) >= 11 is 0. The molecule has 0 spiro atoms. The van der Waals surface area contributed by atoms with Gasteiger partial charge in [-0.2, -0.15) is 0 Å². The van der Waals surface area contributed by atoms with Crippen LogP contribution in [0.15, 0.2) is 24.5 Å². The molecule has 0 radical (unpaired) electrons. The van der Waals surface area contributed by atoms with E-state index in [-0.39, 0.29) is 18.4 Å². The second kappa shape index (κ2) is 6.19. The number of hydrogen-bond donors (Lipinski definition) is 2. The Morgan fingerprint density at radius 2 is 2.38 bits per heavy atom. The summed E-state index contributed by atoms with van der Waals surface area (Å²) < 4.78 is 0. The molecule has 1 atom stereocenters. The number of primary amides is 1. The van der Waals surface area contributed by atoms with Crippen LogP contribution in [0.2, 0.25) is 0 Å². The number of likely N-dealkylation sites (N-methyl/N-ethyl adjacent to an activating group) is 1. The van der Waals surface area contributed by atoms with Gasteiger partial charge in [-0.3, -0.25) is 14.7 Å². The van der Waals surface area contributed by atoms with Gasteiger partial charge in [-0.05, 0) is 18.7 Å². The number of nitrogens with two attached hydrogens (primary N) is 2. The molecule has 1 aromatic heterocycles. The largest absolute Gasteiger partial charge is 0.370 e. The average molecular weight is 222 g/mol. The molecule has 1 rings (SSSR count). The minimum atomic E-state index is -0.325. The number of pyridine rings is 1. The molecule has 0 saturated heterocycles. The molecule has 0 aliphatic heterocycles. The van der Waals surface area contributed by atoms with E-state index < -0.39 is 0 Å². The van der Waals surface area contributed by atoms with E-state index in [1.54, 1.807) is 12.4 Å². The Hall–Kier alpha value is -1.46. The number of nitrogens with zero attached hydrogens (tertiary/aromatic N) is 2. The Kier molecular flexibility index (Phi) is 4.88. The highest BCUT2D eigenvalue weighted by Gasteiger charge is 2.15. The maximum Gasteiger partial charge on any atom is 0.219 e. The Morgan fingerprint density at radius 3 is 2.88 bits per heavy atom. The summed E-state index contributed by atoms with van der Waals surface area (Å²) in [5.41, 5.74) is 11.9. The number of amides is 1. The molecular weight excluding hydrogens is 204 g/mol. The molecule has 1 aromatic rings. The van der Waals surface area contributed by atoms with E-state index in [1.165, 1.54) is 0 Å². The number of rotatable bonds is 6. The van der Waals surface area contributed by atoms with E-state index in [9.17, 15) is 4.79 Å². The summed E-state index contributed by atoms with van der Waals surface area (Å²) in [6.45, 7) is 1.13. The maximum absolute atomic E-state index is 10.9. The Labute approximate surface area is 95.4 Å². The highest BCUT2D eigenvalue weighted by molar-refractivity contribution is 5.74. The minimum absolute atomic E-state index is 0.0160. The molecule has 0 bridgehead atoms. The first-order chi connectivity index (χ1) is 7.63. The molecule has 4 N–H and O–H groups in total. The van der Waals surface area contributed by atoms with Gasteiger partial charge in [0.05, 0.1) is 0 Å². The smallest absolute Gasteiger partial charge is 0.219 e. The van der Waals surface area contributed by atoms with Crippen molar-refractivity contribution in [2.75, 3.05) is 13.6 Å². The van der Waals surface area contributed by atoms with E-state index >= 15 is 0 Å². The lowest BCUT2D eigenvalue weighted by Gasteiger charge is -2.25. The van der Waals surface area contributed by atoms with Crippen molar-refractivity contribution in [2.45, 2.75) is 19.0 Å². The standard InChI is InChI=1S/C11H18N4O/c1-15(10(6-12)5-11(13)16)8-9-3-2-4-14-7-9/h2-4,7,10H,5-6,8,12H2,1H3,(H2,13,16). The second-order valence-corrected chi connectivity index (χ2v) is 3.84. The van der Waals surface area contributed by atoms with Crippen LogP contribution in [0.1, 0.15) is 12.0 Å². The number of carbonyl (C=O) groups excluding carboxylic acids is 1. The first-order valence-corrected chi connectivity index (χ1v) is 5.21. The number of carbonyl (C=O) groups is 1. The van der Waals surface area contributed by atoms with E-state index in [1.807, 2.05) is 24.1 Å². The van der Waals surface area contributed by atoms with Gasteiger partial charge in [0.2, 0.25) is 5.91 Å². The predicted molar refractivity (Wildman–Crippen MR) is 62.4 cm³/mol. The van der Waals surface area contributed by atoms with Crippen LogP contribution in [-0.2, 0) is 11.3 Å². The molecule has 1 amide bonds. The van der Waals surface area contributed by atoms with Gasteiger partial charge < -0.3 is 11.5 Å². The zero-order chi connectivity index (χ0) is 12.0. The molecule has 1 unspecified atom stereocenters. The van der Waals surface area contributed by atoms with E-state index in [0.717, 1.165) is 5.56 Å². The summed E-state index contributed by atoms with van der Waals surface area (Å²) in [4.78, 5) is 16.9. The van der Waals surface area contributed by atoms with Gasteiger partial charge in [-0.15, -0.1) is 0 Å². The van der Waals surface area contributed by atoms with Crippen LogP contribution in [0.4, 0.5) is 0 Å². The molecule has 16 heavy (non-hydrogen) atoms. The maximum atomic E-state index is 10.9. The molecule has 88 valence electrons. The molecule has 0 aromatic carbocycles. The van der Waals surface area contributed by atoms with Crippen LogP contribution in [-0.4, -0.2) is 35.4 Å². The van der Waals surface area contributed by atoms with Gasteiger partial charge in [0.15, 0.2) is 0 Å². The molecule has 5 heteroatoms. The SMILES string of the molecule is CN(Cc1cccnc1)C(CN)CC(N)=O. The summed E-state index contributed by atoms with van der Waals surface area (Å²) in [6.07, 6.45) is 3.81. The van der Waals surface area contributed by atoms with Gasteiger partial charge in [0.1, 0.15) is 0 Å². The highest BCUT2D eigenvalue weighted by Crippen LogP contribution is 2.06. The van der Waals surface area contributed by atoms with E-state index in [4.69, 9.17) is 11.5 Å². The van der Waals surface area contributed by atoms with Crippen molar-refractivity contribution in [1.29, 1.82) is 0 Å². The molecule has 0 aliphatic carbocycles. The van der Waals surface area contributed by atoms with Crippen LogP contribution in [0.25, 0.3) is 0 Å². The Balaban J connectivity index is 2.55. The van der Waals surface area contributed by atoms with Crippen molar-refractivity contribution in [1.82, 2.24) is 9.88 Å². The number of aromatic nitrogens is 1. The minimum Gasteiger partial charge on any atom is -0.370 e. The molecule has 0 saturated carbocycles. The Morgan fingerprint density at radius 1 is 1.62 bits per heavy atom. The van der Waals surface area contributed by atoms with Crippen LogP contribution >= 0.6 is 0 Å². The molecule has 0 aliphatic rings. The third-order valence-corrected chi connectivity index (χ3v) is 2.49. The monoisotopic (exact) mass is 222 g/mol. The fourth-order valence-corrected chi connectivity index (χ4v) is 1.56. The summed E-state index contributed by atoms with van der Waals surface area (Å²) in [6, 6.07) is 3.86. The van der Waals surface area contributed by atoms with E-state index in [2.05, 4.69) is 4.98 Å². The summed E-state index contributed by atoms with van der Waals surface area (Å²) in [5.74, 6) is -0.325. The lowest BCUT2D eigenvalue weighted by Crippen LogP contribution is -2.40.